The molecule has 0 amide bonds. The summed E-state index contributed by atoms with van der Waals surface area (Å²) in [5.41, 5.74) is -0.629. The second kappa shape index (κ2) is 6.95. The third-order valence-electron chi connectivity index (χ3n) is 2.88. The molecular formula is C13H17F2NO4S. The number of hydrogen-bond donors (Lipinski definition) is 2. The Labute approximate surface area is 122 Å². The Hall–Kier alpha value is -1.54. The van der Waals surface area contributed by atoms with Crippen molar-refractivity contribution in [2.24, 2.45) is 0 Å². The minimum atomic E-state index is -4.33. The van der Waals surface area contributed by atoms with E-state index in [0.29, 0.717) is 18.6 Å². The van der Waals surface area contributed by atoms with E-state index in [-0.39, 0.29) is 0 Å². The first-order chi connectivity index (χ1) is 9.69. The Morgan fingerprint density at radius 3 is 2.52 bits per heavy atom. The van der Waals surface area contributed by atoms with Gasteiger partial charge < -0.3 is 5.11 Å². The minimum Gasteiger partial charge on any atom is -0.478 e. The highest BCUT2D eigenvalue weighted by Gasteiger charge is 2.25. The first-order valence-electron chi connectivity index (χ1n) is 6.43. The molecule has 0 fully saturated rings. The minimum absolute atomic E-state index is 0.442. The summed E-state index contributed by atoms with van der Waals surface area (Å²) in [6.07, 6.45) is 2.18. The van der Waals surface area contributed by atoms with Crippen molar-refractivity contribution in [1.29, 1.82) is 0 Å². The summed E-state index contributed by atoms with van der Waals surface area (Å²) in [6.45, 7) is 3.54. The molecule has 0 aromatic heterocycles. The number of carbonyl (C=O) groups is 1. The lowest BCUT2D eigenvalue weighted by Crippen LogP contribution is -2.33. The number of halogens is 2. The fourth-order valence-corrected chi connectivity index (χ4v) is 3.17. The average Bonchev–Trinajstić information content (AvgIpc) is 2.38. The van der Waals surface area contributed by atoms with Gasteiger partial charge in [-0.1, -0.05) is 19.8 Å². The highest BCUT2D eigenvalue weighted by Crippen LogP contribution is 2.20. The fourth-order valence-electron chi connectivity index (χ4n) is 1.78. The van der Waals surface area contributed by atoms with Crippen LogP contribution < -0.4 is 4.72 Å². The van der Waals surface area contributed by atoms with Crippen molar-refractivity contribution in [3.8, 4) is 0 Å². The van der Waals surface area contributed by atoms with E-state index in [4.69, 9.17) is 5.11 Å². The SMILES string of the molecule is CCCCC(C)NS(=O)(=O)c1cc(C(=O)O)cc(F)c1F. The summed E-state index contributed by atoms with van der Waals surface area (Å²) in [5.74, 6) is -4.64. The zero-order valence-electron chi connectivity index (χ0n) is 11.7. The van der Waals surface area contributed by atoms with E-state index in [2.05, 4.69) is 4.72 Å². The largest absolute Gasteiger partial charge is 0.478 e. The third-order valence-corrected chi connectivity index (χ3v) is 4.47. The number of sulfonamides is 1. The number of aromatic carboxylic acids is 1. The summed E-state index contributed by atoms with van der Waals surface area (Å²) < 4.78 is 53.3. The van der Waals surface area contributed by atoms with Gasteiger partial charge in [-0.3, -0.25) is 0 Å². The molecule has 0 aliphatic rings. The van der Waals surface area contributed by atoms with Gasteiger partial charge >= 0.3 is 5.97 Å². The molecule has 0 saturated carbocycles. The predicted molar refractivity (Wildman–Crippen MR) is 72.6 cm³/mol. The van der Waals surface area contributed by atoms with Crippen molar-refractivity contribution >= 4 is 16.0 Å². The molecule has 1 aromatic rings. The maximum Gasteiger partial charge on any atom is 0.335 e. The third kappa shape index (κ3) is 4.47. The number of carboxylic acid groups (broad SMARTS) is 1. The van der Waals surface area contributed by atoms with Crippen molar-refractivity contribution in [1.82, 2.24) is 4.72 Å². The van der Waals surface area contributed by atoms with Crippen LogP contribution in [0.1, 0.15) is 43.5 Å². The van der Waals surface area contributed by atoms with Gasteiger partial charge in [-0.15, -0.1) is 0 Å². The van der Waals surface area contributed by atoms with E-state index in [1.54, 1.807) is 6.92 Å². The zero-order chi connectivity index (χ0) is 16.2. The first kappa shape index (κ1) is 17.5. The maximum atomic E-state index is 13.7. The Morgan fingerprint density at radius 2 is 2.00 bits per heavy atom. The molecule has 0 aliphatic heterocycles. The highest BCUT2D eigenvalue weighted by molar-refractivity contribution is 7.89. The number of unbranched alkanes of at least 4 members (excludes halogenated alkanes) is 1. The molecule has 1 unspecified atom stereocenters. The van der Waals surface area contributed by atoms with Crippen molar-refractivity contribution in [3.63, 3.8) is 0 Å². The quantitative estimate of drug-likeness (QED) is 0.808. The molecule has 1 aromatic carbocycles. The average molecular weight is 321 g/mol. The molecule has 8 heteroatoms. The Kier molecular flexibility index (Phi) is 5.79. The second-order valence-electron chi connectivity index (χ2n) is 4.74. The van der Waals surface area contributed by atoms with E-state index in [0.717, 1.165) is 12.8 Å². The normalized spacial score (nSPS) is 13.1. The van der Waals surface area contributed by atoms with Crippen LogP contribution in [-0.4, -0.2) is 25.5 Å². The van der Waals surface area contributed by atoms with Gasteiger partial charge in [-0.25, -0.2) is 26.7 Å². The predicted octanol–water partition coefficient (Wildman–Crippen LogP) is 2.52. The summed E-state index contributed by atoms with van der Waals surface area (Å²) in [6, 6.07) is 0.582. The van der Waals surface area contributed by atoms with Crippen LogP contribution in [0.5, 0.6) is 0 Å². The lowest BCUT2D eigenvalue weighted by molar-refractivity contribution is 0.0696. The van der Waals surface area contributed by atoms with Gasteiger partial charge in [-0.05, 0) is 25.5 Å². The lowest BCUT2D eigenvalue weighted by Gasteiger charge is -2.14. The topological polar surface area (TPSA) is 83.5 Å². The van der Waals surface area contributed by atoms with Gasteiger partial charge in [0.25, 0.3) is 0 Å². The van der Waals surface area contributed by atoms with Gasteiger partial charge in [0.15, 0.2) is 11.6 Å². The van der Waals surface area contributed by atoms with Gasteiger partial charge in [0.05, 0.1) is 5.56 Å². The van der Waals surface area contributed by atoms with Crippen LogP contribution in [0.4, 0.5) is 8.78 Å². The van der Waals surface area contributed by atoms with Gasteiger partial charge in [0, 0.05) is 6.04 Å². The highest BCUT2D eigenvalue weighted by atomic mass is 32.2. The van der Waals surface area contributed by atoms with Crippen LogP contribution in [0, 0.1) is 11.6 Å². The molecule has 0 heterocycles. The molecule has 0 radical (unpaired) electrons. The van der Waals surface area contributed by atoms with E-state index in [9.17, 15) is 22.0 Å². The fraction of sp³-hybridized carbons (Fsp3) is 0.462. The Morgan fingerprint density at radius 1 is 1.38 bits per heavy atom. The van der Waals surface area contributed by atoms with Crippen molar-refractivity contribution in [2.75, 3.05) is 0 Å². The molecule has 0 spiro atoms. The molecule has 0 bridgehead atoms. The molecule has 1 rings (SSSR count). The molecule has 118 valence electrons. The van der Waals surface area contributed by atoms with Crippen LogP contribution in [-0.2, 0) is 10.0 Å². The summed E-state index contributed by atoms with van der Waals surface area (Å²) in [4.78, 5) is 9.81. The second-order valence-corrected chi connectivity index (χ2v) is 6.42. The Bertz CT molecular complexity index is 631. The van der Waals surface area contributed by atoms with E-state index in [1.807, 2.05) is 6.92 Å². The van der Waals surface area contributed by atoms with Crippen LogP contribution >= 0.6 is 0 Å². The monoisotopic (exact) mass is 321 g/mol. The van der Waals surface area contributed by atoms with Gasteiger partial charge in [-0.2, -0.15) is 0 Å². The van der Waals surface area contributed by atoms with Gasteiger partial charge in [0.1, 0.15) is 4.90 Å². The number of rotatable bonds is 7. The van der Waals surface area contributed by atoms with Crippen LogP contribution in [0.2, 0.25) is 0 Å². The van der Waals surface area contributed by atoms with E-state index >= 15 is 0 Å². The molecule has 0 aliphatic carbocycles. The number of hydrogen-bond acceptors (Lipinski definition) is 3. The van der Waals surface area contributed by atoms with Crippen LogP contribution in [0.15, 0.2) is 17.0 Å². The van der Waals surface area contributed by atoms with E-state index in [1.165, 1.54) is 0 Å². The molecule has 1 atom stereocenters. The van der Waals surface area contributed by atoms with E-state index < -0.39 is 44.1 Å². The lowest BCUT2D eigenvalue weighted by atomic mass is 10.2. The number of benzene rings is 1. The summed E-state index contributed by atoms with van der Waals surface area (Å²) in [5, 5.41) is 8.78. The summed E-state index contributed by atoms with van der Waals surface area (Å²) >= 11 is 0. The van der Waals surface area contributed by atoms with Crippen LogP contribution in [0.25, 0.3) is 0 Å². The Balaban J connectivity index is 3.16. The van der Waals surface area contributed by atoms with Crippen molar-refractivity contribution in [2.45, 2.75) is 44.0 Å². The van der Waals surface area contributed by atoms with Crippen molar-refractivity contribution < 1.29 is 27.1 Å². The zero-order valence-corrected chi connectivity index (χ0v) is 12.5. The van der Waals surface area contributed by atoms with Crippen LogP contribution in [0.3, 0.4) is 0 Å². The molecule has 2 N–H and O–H groups in total. The standard InChI is InChI=1S/C13H17F2NO4S/c1-3-4-5-8(2)16-21(19,20)11-7-9(13(17)18)6-10(14)12(11)15/h6-8,16H,3-5H2,1-2H3,(H,17,18). The van der Waals surface area contributed by atoms with Gasteiger partial charge in [0.2, 0.25) is 10.0 Å². The smallest absolute Gasteiger partial charge is 0.335 e. The van der Waals surface area contributed by atoms with Crippen molar-refractivity contribution in [3.05, 3.63) is 29.3 Å². The first-order valence-corrected chi connectivity index (χ1v) is 7.92. The number of carboxylic acids is 1. The molecular weight excluding hydrogens is 304 g/mol. The number of nitrogens with one attached hydrogen (secondary N) is 1. The summed E-state index contributed by atoms with van der Waals surface area (Å²) in [7, 11) is -4.33. The maximum absolute atomic E-state index is 13.7. The molecule has 5 nitrogen and oxygen atoms in total. The molecule has 21 heavy (non-hydrogen) atoms. The molecule has 0 saturated heterocycles.